The van der Waals surface area contributed by atoms with E-state index in [4.69, 9.17) is 9.47 Å². The largest absolute Gasteiger partial charge is 0.491 e. The molecule has 2 aromatic rings. The number of benzene rings is 1. The molecule has 1 saturated carbocycles. The van der Waals surface area contributed by atoms with Crippen molar-refractivity contribution in [1.29, 1.82) is 0 Å². The number of carbonyl (C=O) groups is 2. The number of carbonyl (C=O) groups excluding carboxylic acids is 2. The van der Waals surface area contributed by atoms with Crippen LogP contribution in [0.2, 0.25) is 0 Å². The monoisotopic (exact) mass is 468 g/mol. The molecule has 1 aromatic heterocycles. The first-order valence-electron chi connectivity index (χ1n) is 12.0. The van der Waals surface area contributed by atoms with Gasteiger partial charge in [0.1, 0.15) is 17.3 Å². The Hall–Kier alpha value is -2.84. The van der Waals surface area contributed by atoms with Crippen molar-refractivity contribution in [2.24, 2.45) is 5.92 Å². The van der Waals surface area contributed by atoms with Crippen molar-refractivity contribution in [1.82, 2.24) is 10.3 Å². The molecular formula is C26H29FN2O5. The molecule has 8 heteroatoms. The minimum atomic E-state index is -0.761. The number of rotatable bonds is 8. The maximum atomic E-state index is 14.8. The summed E-state index contributed by atoms with van der Waals surface area (Å²) in [7, 11) is 0. The van der Waals surface area contributed by atoms with E-state index in [1.54, 1.807) is 18.2 Å². The molecule has 0 radical (unpaired) electrons. The molecule has 0 unspecified atom stereocenters. The summed E-state index contributed by atoms with van der Waals surface area (Å²) < 4.78 is 25.7. The number of amides is 1. The van der Waals surface area contributed by atoms with Gasteiger partial charge >= 0.3 is 0 Å². The standard InChI is InChI=1S/C26H29FN2O5/c27-19-12-16(3-5-18(19)23(30)6-4-15-1-2-15)11-17-13-22(28-21-8-10-34-25(17)21)26(32)29-20-7-9-33-14-24(20)31/h3,5,12-13,15,20,24,31H,1-2,4,6-11,14H2,(H,29,32)/t20-,24-/m0/s1. The van der Waals surface area contributed by atoms with E-state index in [0.717, 1.165) is 12.0 Å². The van der Waals surface area contributed by atoms with Gasteiger partial charge in [-0.25, -0.2) is 9.37 Å². The number of Topliss-reactive ketones (excluding diaryl/α,β-unsaturated/α-hetero) is 1. The SMILES string of the molecule is O=C(N[C@H]1CCOC[C@@H]1O)c1cc(Cc2ccc(C(=O)CCC3CC3)c(F)c2)c2c(n1)CCO2. The molecule has 1 amide bonds. The van der Waals surface area contributed by atoms with Gasteiger partial charge in [0.15, 0.2) is 5.78 Å². The molecule has 5 rings (SSSR count). The van der Waals surface area contributed by atoms with Crippen LogP contribution in [-0.4, -0.2) is 53.7 Å². The summed E-state index contributed by atoms with van der Waals surface area (Å²) in [4.78, 5) is 29.7. The fourth-order valence-corrected chi connectivity index (χ4v) is 4.61. The van der Waals surface area contributed by atoms with E-state index in [9.17, 15) is 19.1 Å². The van der Waals surface area contributed by atoms with Crippen molar-refractivity contribution in [3.05, 3.63) is 58.2 Å². The number of hydrogen-bond acceptors (Lipinski definition) is 6. The Bertz CT molecular complexity index is 1100. The van der Waals surface area contributed by atoms with Crippen molar-refractivity contribution in [3.8, 4) is 5.75 Å². The normalized spacial score (nSPS) is 21.6. The van der Waals surface area contributed by atoms with Crippen molar-refractivity contribution in [3.63, 3.8) is 0 Å². The second kappa shape index (κ2) is 9.80. The van der Waals surface area contributed by atoms with Crippen LogP contribution in [0.1, 0.15) is 69.8 Å². The topological polar surface area (TPSA) is 97.8 Å². The molecule has 2 fully saturated rings. The first-order chi connectivity index (χ1) is 16.5. The van der Waals surface area contributed by atoms with E-state index in [1.165, 1.54) is 18.9 Å². The van der Waals surface area contributed by atoms with Crippen molar-refractivity contribution in [2.75, 3.05) is 19.8 Å². The van der Waals surface area contributed by atoms with Crippen LogP contribution in [0.25, 0.3) is 0 Å². The van der Waals surface area contributed by atoms with Crippen LogP contribution in [0, 0.1) is 11.7 Å². The van der Waals surface area contributed by atoms with Gasteiger partial charge in [-0.2, -0.15) is 0 Å². The summed E-state index contributed by atoms with van der Waals surface area (Å²) in [6.07, 6.45) is 4.25. The number of pyridine rings is 1. The maximum absolute atomic E-state index is 14.8. The molecule has 2 N–H and O–H groups in total. The lowest BCUT2D eigenvalue weighted by Crippen LogP contribution is -2.48. The third-order valence-corrected chi connectivity index (χ3v) is 6.79. The Balaban J connectivity index is 1.33. The lowest BCUT2D eigenvalue weighted by Gasteiger charge is -2.28. The van der Waals surface area contributed by atoms with Gasteiger partial charge in [-0.15, -0.1) is 0 Å². The highest BCUT2D eigenvalue weighted by Gasteiger charge is 2.28. The highest BCUT2D eigenvalue weighted by atomic mass is 19.1. The molecule has 0 bridgehead atoms. The van der Waals surface area contributed by atoms with Gasteiger partial charge in [0.05, 0.1) is 36.6 Å². The first kappa shape index (κ1) is 22.9. The molecule has 2 atom stereocenters. The van der Waals surface area contributed by atoms with Crippen LogP contribution in [0.5, 0.6) is 5.75 Å². The number of nitrogens with zero attached hydrogens (tertiary/aromatic N) is 1. The van der Waals surface area contributed by atoms with Crippen molar-refractivity contribution >= 4 is 11.7 Å². The molecule has 7 nitrogen and oxygen atoms in total. The van der Waals surface area contributed by atoms with E-state index in [-0.39, 0.29) is 29.6 Å². The first-order valence-corrected chi connectivity index (χ1v) is 12.0. The molecule has 1 aromatic carbocycles. The summed E-state index contributed by atoms with van der Waals surface area (Å²) >= 11 is 0. The van der Waals surface area contributed by atoms with E-state index in [2.05, 4.69) is 10.3 Å². The molecule has 1 aliphatic carbocycles. The quantitative estimate of drug-likeness (QED) is 0.578. The third kappa shape index (κ3) is 5.13. The lowest BCUT2D eigenvalue weighted by atomic mass is 9.98. The number of ether oxygens (including phenoxy) is 2. The Morgan fingerprint density at radius 1 is 1.18 bits per heavy atom. The minimum Gasteiger partial charge on any atom is -0.491 e. The maximum Gasteiger partial charge on any atom is 0.270 e. The van der Waals surface area contributed by atoms with Crippen LogP contribution >= 0.6 is 0 Å². The van der Waals surface area contributed by atoms with Gasteiger partial charge in [0, 0.05) is 31.4 Å². The second-order valence-electron chi connectivity index (χ2n) is 9.45. The average molecular weight is 469 g/mol. The number of fused-ring (bicyclic) bond motifs is 1. The second-order valence-corrected chi connectivity index (χ2v) is 9.45. The van der Waals surface area contributed by atoms with E-state index >= 15 is 0 Å². The van der Waals surface area contributed by atoms with Gasteiger partial charge in [0.2, 0.25) is 0 Å². The highest BCUT2D eigenvalue weighted by molar-refractivity contribution is 5.96. The van der Waals surface area contributed by atoms with Crippen LogP contribution in [0.15, 0.2) is 24.3 Å². The Kier molecular flexibility index (Phi) is 6.61. The Labute approximate surface area is 197 Å². The van der Waals surface area contributed by atoms with E-state index < -0.39 is 18.0 Å². The van der Waals surface area contributed by atoms with Crippen LogP contribution in [-0.2, 0) is 17.6 Å². The van der Waals surface area contributed by atoms with E-state index in [1.807, 2.05) is 0 Å². The van der Waals surface area contributed by atoms with Crippen molar-refractivity contribution in [2.45, 2.75) is 57.1 Å². The number of nitrogens with one attached hydrogen (secondary N) is 1. The summed E-state index contributed by atoms with van der Waals surface area (Å²) in [5, 5.41) is 12.9. The number of halogens is 1. The summed E-state index contributed by atoms with van der Waals surface area (Å²) in [6.45, 7) is 1.14. The summed E-state index contributed by atoms with van der Waals surface area (Å²) in [5.74, 6) is 0.216. The zero-order chi connectivity index (χ0) is 23.7. The predicted octanol–water partition coefficient (Wildman–Crippen LogP) is 3.00. The van der Waals surface area contributed by atoms with Crippen LogP contribution < -0.4 is 10.1 Å². The number of ketones is 1. The fourth-order valence-electron chi connectivity index (χ4n) is 4.61. The number of aromatic nitrogens is 1. The highest BCUT2D eigenvalue weighted by Crippen LogP contribution is 2.34. The third-order valence-electron chi connectivity index (χ3n) is 6.79. The lowest BCUT2D eigenvalue weighted by molar-refractivity contribution is -0.0261. The smallest absolute Gasteiger partial charge is 0.270 e. The Morgan fingerprint density at radius 2 is 2.03 bits per heavy atom. The van der Waals surface area contributed by atoms with Crippen LogP contribution in [0.4, 0.5) is 4.39 Å². The molecule has 3 aliphatic rings. The Morgan fingerprint density at radius 3 is 2.79 bits per heavy atom. The van der Waals surface area contributed by atoms with E-state index in [0.29, 0.717) is 61.8 Å². The molecule has 180 valence electrons. The molecular weight excluding hydrogens is 439 g/mol. The molecule has 2 aliphatic heterocycles. The molecule has 1 saturated heterocycles. The number of aliphatic hydroxyl groups is 1. The zero-order valence-corrected chi connectivity index (χ0v) is 19.0. The minimum absolute atomic E-state index is 0.135. The molecule has 0 spiro atoms. The predicted molar refractivity (Wildman–Crippen MR) is 122 cm³/mol. The van der Waals surface area contributed by atoms with Gasteiger partial charge in [-0.3, -0.25) is 9.59 Å². The zero-order valence-electron chi connectivity index (χ0n) is 19.0. The fraction of sp³-hybridized carbons (Fsp3) is 0.500. The van der Waals surface area contributed by atoms with Crippen molar-refractivity contribution < 1.29 is 28.6 Å². The number of aliphatic hydroxyl groups excluding tert-OH is 1. The molecule has 34 heavy (non-hydrogen) atoms. The van der Waals surface area contributed by atoms with Crippen LogP contribution in [0.3, 0.4) is 0 Å². The summed E-state index contributed by atoms with van der Waals surface area (Å²) in [5.41, 5.74) is 2.50. The number of hydrogen-bond donors (Lipinski definition) is 2. The average Bonchev–Trinajstić information content (AvgIpc) is 3.53. The van der Waals surface area contributed by atoms with Gasteiger partial charge < -0.3 is 19.9 Å². The van der Waals surface area contributed by atoms with Gasteiger partial charge in [-0.05, 0) is 42.5 Å². The van der Waals surface area contributed by atoms with Gasteiger partial charge in [-0.1, -0.05) is 18.9 Å². The van der Waals surface area contributed by atoms with Gasteiger partial charge in [0.25, 0.3) is 5.91 Å². The molecule has 3 heterocycles. The summed E-state index contributed by atoms with van der Waals surface area (Å²) in [6, 6.07) is 5.98.